The van der Waals surface area contributed by atoms with Gasteiger partial charge in [-0.3, -0.25) is 0 Å². The molecule has 0 aliphatic heterocycles. The Hall–Kier alpha value is -1.75. The summed E-state index contributed by atoms with van der Waals surface area (Å²) in [5, 5.41) is 4.94. The van der Waals surface area contributed by atoms with E-state index in [0.717, 1.165) is 10.4 Å². The topological polar surface area (TPSA) is 30.7 Å². The summed E-state index contributed by atoms with van der Waals surface area (Å²) in [7, 11) is 0. The van der Waals surface area contributed by atoms with Gasteiger partial charge in [-0.2, -0.15) is 5.10 Å². The lowest BCUT2D eigenvalue weighted by Gasteiger charge is -1.91. The standard InChI is InChI=1S/C11H8FN3S/c1-7-5-6-15(14-7)11-13-10-8(12)3-2-4-9(10)16-11/h2-6H,1H3. The molecule has 0 saturated heterocycles. The number of aromatic nitrogens is 3. The number of hydrogen-bond donors (Lipinski definition) is 0. The molecule has 1 aromatic carbocycles. The van der Waals surface area contributed by atoms with Gasteiger partial charge in [-0.1, -0.05) is 17.4 Å². The van der Waals surface area contributed by atoms with Gasteiger partial charge in [-0.25, -0.2) is 14.1 Å². The van der Waals surface area contributed by atoms with Crippen molar-refractivity contribution in [3.05, 3.63) is 42.0 Å². The Balaban J connectivity index is 2.22. The zero-order valence-electron chi connectivity index (χ0n) is 8.51. The summed E-state index contributed by atoms with van der Waals surface area (Å²) in [6, 6.07) is 6.85. The summed E-state index contributed by atoms with van der Waals surface area (Å²) in [5.41, 5.74) is 1.33. The normalized spacial score (nSPS) is 11.1. The van der Waals surface area contributed by atoms with Crippen LogP contribution in [0.15, 0.2) is 30.5 Å². The van der Waals surface area contributed by atoms with Crippen LogP contribution >= 0.6 is 11.3 Å². The summed E-state index contributed by atoms with van der Waals surface area (Å²) in [5.74, 6) is -0.288. The molecule has 0 spiro atoms. The smallest absolute Gasteiger partial charge is 0.211 e. The maximum Gasteiger partial charge on any atom is 0.211 e. The van der Waals surface area contributed by atoms with Crippen LogP contribution in [0.3, 0.4) is 0 Å². The number of nitrogens with zero attached hydrogens (tertiary/aromatic N) is 3. The van der Waals surface area contributed by atoms with Crippen LogP contribution in [0.1, 0.15) is 5.69 Å². The molecule has 0 radical (unpaired) electrons. The minimum Gasteiger partial charge on any atom is -0.215 e. The van der Waals surface area contributed by atoms with Crippen LogP contribution in [-0.2, 0) is 0 Å². The molecule has 3 nitrogen and oxygen atoms in total. The van der Waals surface area contributed by atoms with E-state index in [2.05, 4.69) is 10.1 Å². The van der Waals surface area contributed by atoms with E-state index in [9.17, 15) is 4.39 Å². The Morgan fingerprint density at radius 1 is 1.31 bits per heavy atom. The van der Waals surface area contributed by atoms with Crippen molar-refractivity contribution in [2.24, 2.45) is 0 Å². The lowest BCUT2D eigenvalue weighted by atomic mass is 10.3. The molecule has 5 heteroatoms. The van der Waals surface area contributed by atoms with Crippen molar-refractivity contribution < 1.29 is 4.39 Å². The van der Waals surface area contributed by atoms with Gasteiger partial charge in [-0.05, 0) is 25.1 Å². The van der Waals surface area contributed by atoms with E-state index < -0.39 is 0 Å². The van der Waals surface area contributed by atoms with Gasteiger partial charge in [0.05, 0.1) is 10.4 Å². The van der Waals surface area contributed by atoms with Crippen LogP contribution in [0.25, 0.3) is 15.3 Å². The Morgan fingerprint density at radius 2 is 2.19 bits per heavy atom. The van der Waals surface area contributed by atoms with Crippen molar-refractivity contribution in [1.29, 1.82) is 0 Å². The van der Waals surface area contributed by atoms with Crippen molar-refractivity contribution in [2.45, 2.75) is 6.92 Å². The second-order valence-corrected chi connectivity index (χ2v) is 4.49. The van der Waals surface area contributed by atoms with Crippen molar-refractivity contribution in [2.75, 3.05) is 0 Å². The third-order valence-electron chi connectivity index (χ3n) is 2.28. The predicted molar refractivity (Wildman–Crippen MR) is 61.4 cm³/mol. The van der Waals surface area contributed by atoms with Gasteiger partial charge in [0.25, 0.3) is 0 Å². The first-order chi connectivity index (χ1) is 7.74. The first-order valence-corrected chi connectivity index (χ1v) is 5.63. The number of para-hydroxylation sites is 1. The Bertz CT molecular complexity index is 656. The minimum absolute atomic E-state index is 0.288. The largest absolute Gasteiger partial charge is 0.215 e. The van der Waals surface area contributed by atoms with Crippen molar-refractivity contribution >= 4 is 21.6 Å². The lowest BCUT2D eigenvalue weighted by molar-refractivity contribution is 0.637. The van der Waals surface area contributed by atoms with Crippen LogP contribution in [0.2, 0.25) is 0 Å². The van der Waals surface area contributed by atoms with Crippen LogP contribution in [0.5, 0.6) is 0 Å². The molecule has 0 unspecified atom stereocenters. The molecule has 80 valence electrons. The highest BCUT2D eigenvalue weighted by Gasteiger charge is 2.09. The number of aryl methyl sites for hydroxylation is 1. The third-order valence-corrected chi connectivity index (χ3v) is 3.29. The fourth-order valence-corrected chi connectivity index (χ4v) is 2.44. The fourth-order valence-electron chi connectivity index (χ4n) is 1.52. The molecule has 0 aliphatic rings. The van der Waals surface area contributed by atoms with Crippen LogP contribution < -0.4 is 0 Å². The first-order valence-electron chi connectivity index (χ1n) is 4.82. The van der Waals surface area contributed by atoms with Crippen molar-refractivity contribution in [3.8, 4) is 5.13 Å². The van der Waals surface area contributed by atoms with Crippen molar-refractivity contribution in [3.63, 3.8) is 0 Å². The lowest BCUT2D eigenvalue weighted by Crippen LogP contribution is -1.93. The maximum atomic E-state index is 13.4. The minimum atomic E-state index is -0.288. The molecule has 0 N–H and O–H groups in total. The molecule has 2 aromatic heterocycles. The highest BCUT2D eigenvalue weighted by molar-refractivity contribution is 7.20. The Kier molecular flexibility index (Phi) is 2.00. The Morgan fingerprint density at radius 3 is 2.88 bits per heavy atom. The number of halogens is 1. The quantitative estimate of drug-likeness (QED) is 0.647. The van der Waals surface area contributed by atoms with Gasteiger partial charge in [0.1, 0.15) is 11.3 Å². The molecule has 0 bridgehead atoms. The molecular formula is C11H8FN3S. The Labute approximate surface area is 95.2 Å². The first kappa shape index (κ1) is 9.47. The zero-order chi connectivity index (χ0) is 11.1. The molecule has 0 fully saturated rings. The number of thiazole rings is 1. The van der Waals surface area contributed by atoms with Gasteiger partial charge < -0.3 is 0 Å². The van der Waals surface area contributed by atoms with E-state index >= 15 is 0 Å². The monoisotopic (exact) mass is 233 g/mol. The van der Waals surface area contributed by atoms with E-state index in [1.165, 1.54) is 17.4 Å². The van der Waals surface area contributed by atoms with Crippen LogP contribution in [-0.4, -0.2) is 14.8 Å². The molecule has 3 aromatic rings. The maximum absolute atomic E-state index is 13.4. The van der Waals surface area contributed by atoms with E-state index in [-0.39, 0.29) is 5.82 Å². The van der Waals surface area contributed by atoms with Gasteiger partial charge in [0.15, 0.2) is 0 Å². The average molecular weight is 233 g/mol. The average Bonchev–Trinajstić information content (AvgIpc) is 2.84. The molecule has 0 aliphatic carbocycles. The summed E-state index contributed by atoms with van der Waals surface area (Å²) >= 11 is 1.43. The van der Waals surface area contributed by atoms with E-state index in [4.69, 9.17) is 0 Å². The molecular weight excluding hydrogens is 225 g/mol. The summed E-state index contributed by atoms with van der Waals surface area (Å²) in [6.45, 7) is 1.91. The number of hydrogen-bond acceptors (Lipinski definition) is 3. The fraction of sp³-hybridized carbons (Fsp3) is 0.0909. The van der Waals surface area contributed by atoms with Gasteiger partial charge >= 0.3 is 0 Å². The van der Waals surface area contributed by atoms with E-state index in [0.29, 0.717) is 10.6 Å². The van der Waals surface area contributed by atoms with Crippen molar-refractivity contribution in [1.82, 2.24) is 14.8 Å². The molecule has 16 heavy (non-hydrogen) atoms. The number of fused-ring (bicyclic) bond motifs is 1. The summed E-state index contributed by atoms with van der Waals surface area (Å²) < 4.78 is 15.9. The number of rotatable bonds is 1. The van der Waals surface area contributed by atoms with Gasteiger partial charge in [0, 0.05) is 6.20 Å². The van der Waals surface area contributed by atoms with Gasteiger partial charge in [0.2, 0.25) is 5.13 Å². The highest BCUT2D eigenvalue weighted by Crippen LogP contribution is 2.26. The molecule has 2 heterocycles. The molecule has 0 amide bonds. The van der Waals surface area contributed by atoms with Crippen LogP contribution in [0.4, 0.5) is 4.39 Å². The second kappa shape index (κ2) is 3.38. The SMILES string of the molecule is Cc1ccn(-c2nc3c(F)cccc3s2)n1. The van der Waals surface area contributed by atoms with E-state index in [1.807, 2.05) is 25.3 Å². The summed E-state index contributed by atoms with van der Waals surface area (Å²) in [4.78, 5) is 4.24. The van der Waals surface area contributed by atoms with E-state index in [1.54, 1.807) is 10.7 Å². The highest BCUT2D eigenvalue weighted by atomic mass is 32.1. The van der Waals surface area contributed by atoms with Crippen LogP contribution in [0, 0.1) is 12.7 Å². The van der Waals surface area contributed by atoms with Gasteiger partial charge in [-0.15, -0.1) is 0 Å². The zero-order valence-corrected chi connectivity index (χ0v) is 9.33. The molecule has 0 atom stereocenters. The molecule has 0 saturated carbocycles. The molecule has 3 rings (SSSR count). The predicted octanol–water partition coefficient (Wildman–Crippen LogP) is 2.93. The third kappa shape index (κ3) is 1.40. The summed E-state index contributed by atoms with van der Waals surface area (Å²) in [6.07, 6.45) is 1.82. The second-order valence-electron chi connectivity index (χ2n) is 3.48. The number of benzene rings is 1.